The quantitative estimate of drug-likeness (QED) is 0.714. The number of hydrogen-bond donors (Lipinski definition) is 0. The number of amidine groups is 1. The lowest BCUT2D eigenvalue weighted by Crippen LogP contribution is -2.42. The van der Waals surface area contributed by atoms with E-state index < -0.39 is 0 Å². The molecule has 3 nitrogen and oxygen atoms in total. The van der Waals surface area contributed by atoms with Crippen molar-refractivity contribution in [3.63, 3.8) is 0 Å². The van der Waals surface area contributed by atoms with Crippen molar-refractivity contribution in [2.24, 2.45) is 4.99 Å². The Balaban J connectivity index is 2.21. The molecule has 2 aliphatic rings. The molecule has 4 heteroatoms. The van der Waals surface area contributed by atoms with Crippen molar-refractivity contribution in [3.05, 3.63) is 0 Å². The monoisotopic (exact) mass is 262 g/mol. The van der Waals surface area contributed by atoms with Gasteiger partial charge in [0.05, 0.1) is 13.9 Å². The first-order valence-electron chi connectivity index (χ1n) is 7.77. The van der Waals surface area contributed by atoms with E-state index >= 15 is 0 Å². The van der Waals surface area contributed by atoms with Crippen molar-refractivity contribution in [2.75, 3.05) is 0 Å². The van der Waals surface area contributed by atoms with E-state index in [0.29, 0.717) is 12.1 Å². The zero-order valence-corrected chi connectivity index (χ0v) is 12.8. The second-order valence-electron chi connectivity index (χ2n) is 6.51. The van der Waals surface area contributed by atoms with E-state index in [9.17, 15) is 0 Å². The molecule has 2 radical (unpaired) electrons. The molecule has 0 amide bonds. The maximum atomic E-state index is 6.19. The fourth-order valence-corrected chi connectivity index (χ4v) is 3.22. The van der Waals surface area contributed by atoms with Gasteiger partial charge in [-0.2, -0.15) is 0 Å². The van der Waals surface area contributed by atoms with E-state index in [1.807, 2.05) is 0 Å². The van der Waals surface area contributed by atoms with Gasteiger partial charge in [-0.15, -0.1) is 0 Å². The Morgan fingerprint density at radius 3 is 2.53 bits per heavy atom. The van der Waals surface area contributed by atoms with E-state index in [1.54, 1.807) is 0 Å². The molecule has 19 heavy (non-hydrogen) atoms. The normalized spacial score (nSPS) is 34.3. The van der Waals surface area contributed by atoms with Crippen molar-refractivity contribution < 1.29 is 4.74 Å². The fourth-order valence-electron chi connectivity index (χ4n) is 3.22. The minimum absolute atomic E-state index is 0.232. The Morgan fingerprint density at radius 2 is 1.89 bits per heavy atom. The van der Waals surface area contributed by atoms with Gasteiger partial charge < -0.3 is 9.64 Å². The predicted molar refractivity (Wildman–Crippen MR) is 80.8 cm³/mol. The SMILES string of the molecule is [B]C1CCCCC2C(C1)OC(=NC(C)C)N2C(C)C. The highest BCUT2D eigenvalue weighted by molar-refractivity contribution is 6.11. The minimum atomic E-state index is 0.232. The third-order valence-corrected chi connectivity index (χ3v) is 4.05. The van der Waals surface area contributed by atoms with Crippen LogP contribution in [0.5, 0.6) is 0 Å². The summed E-state index contributed by atoms with van der Waals surface area (Å²) in [4.78, 5) is 7.05. The Kier molecular flexibility index (Phi) is 4.80. The topological polar surface area (TPSA) is 24.8 Å². The molecule has 3 unspecified atom stereocenters. The Bertz CT molecular complexity index is 330. The smallest absolute Gasteiger partial charge is 0.288 e. The van der Waals surface area contributed by atoms with Crippen LogP contribution in [0.3, 0.4) is 0 Å². The van der Waals surface area contributed by atoms with Gasteiger partial charge in [0.25, 0.3) is 6.02 Å². The minimum Gasteiger partial charge on any atom is -0.460 e. The molecule has 3 atom stereocenters. The van der Waals surface area contributed by atoms with Crippen molar-refractivity contribution >= 4 is 13.9 Å². The van der Waals surface area contributed by atoms with Crippen LogP contribution < -0.4 is 0 Å². The molecule has 2 fully saturated rings. The van der Waals surface area contributed by atoms with E-state index in [2.05, 4.69) is 37.6 Å². The van der Waals surface area contributed by atoms with E-state index in [1.165, 1.54) is 19.3 Å². The number of hydrogen-bond acceptors (Lipinski definition) is 2. The number of ether oxygens (including phenoxy) is 1. The molecular formula is C15H27BN2O. The third-order valence-electron chi connectivity index (χ3n) is 4.05. The van der Waals surface area contributed by atoms with Gasteiger partial charge in [-0.25, -0.2) is 4.99 Å². The van der Waals surface area contributed by atoms with Crippen LogP contribution in [0.4, 0.5) is 0 Å². The molecule has 1 saturated carbocycles. The molecule has 0 spiro atoms. The van der Waals surface area contributed by atoms with Crippen molar-refractivity contribution in [1.29, 1.82) is 0 Å². The molecule has 1 heterocycles. The van der Waals surface area contributed by atoms with Crippen LogP contribution >= 0.6 is 0 Å². The lowest BCUT2D eigenvalue weighted by Gasteiger charge is -2.31. The van der Waals surface area contributed by atoms with Gasteiger partial charge in [-0.05, 0) is 40.5 Å². The van der Waals surface area contributed by atoms with Crippen LogP contribution in [0.2, 0.25) is 5.82 Å². The van der Waals surface area contributed by atoms with Crippen molar-refractivity contribution in [2.45, 2.75) is 89.8 Å². The van der Waals surface area contributed by atoms with Gasteiger partial charge in [0.1, 0.15) is 6.10 Å². The van der Waals surface area contributed by atoms with Crippen molar-refractivity contribution in [3.8, 4) is 0 Å². The van der Waals surface area contributed by atoms with Crippen molar-refractivity contribution in [1.82, 2.24) is 4.90 Å². The van der Waals surface area contributed by atoms with Crippen LogP contribution in [0.1, 0.15) is 59.8 Å². The first-order valence-corrected chi connectivity index (χ1v) is 7.77. The zero-order chi connectivity index (χ0) is 14.0. The van der Waals surface area contributed by atoms with Gasteiger partial charge in [0.15, 0.2) is 0 Å². The van der Waals surface area contributed by atoms with Gasteiger partial charge >= 0.3 is 0 Å². The third kappa shape index (κ3) is 3.46. The molecule has 0 N–H and O–H groups in total. The second kappa shape index (κ2) is 6.19. The molecule has 1 saturated heterocycles. The summed E-state index contributed by atoms with van der Waals surface area (Å²) in [7, 11) is 6.19. The lowest BCUT2D eigenvalue weighted by molar-refractivity contribution is 0.150. The van der Waals surface area contributed by atoms with E-state index in [4.69, 9.17) is 12.6 Å². The second-order valence-corrected chi connectivity index (χ2v) is 6.51. The van der Waals surface area contributed by atoms with E-state index in [-0.39, 0.29) is 18.0 Å². The highest BCUT2D eigenvalue weighted by Gasteiger charge is 2.42. The molecular weight excluding hydrogens is 235 g/mol. The van der Waals surface area contributed by atoms with Gasteiger partial charge in [0.2, 0.25) is 0 Å². The Morgan fingerprint density at radius 1 is 1.21 bits per heavy atom. The summed E-state index contributed by atoms with van der Waals surface area (Å²) >= 11 is 0. The first kappa shape index (κ1) is 14.7. The summed E-state index contributed by atoms with van der Waals surface area (Å²) in [5, 5.41) is 0. The van der Waals surface area contributed by atoms with Crippen LogP contribution in [-0.2, 0) is 4.74 Å². The van der Waals surface area contributed by atoms with Gasteiger partial charge in [0, 0.05) is 12.1 Å². The lowest BCUT2D eigenvalue weighted by atomic mass is 9.75. The summed E-state index contributed by atoms with van der Waals surface area (Å²) in [6.07, 6.45) is 6.02. The van der Waals surface area contributed by atoms with Crippen LogP contribution in [0, 0.1) is 0 Å². The fraction of sp³-hybridized carbons (Fsp3) is 0.933. The maximum Gasteiger partial charge on any atom is 0.288 e. The molecule has 0 aromatic heterocycles. The number of fused-ring (bicyclic) bond motifs is 1. The molecule has 2 rings (SSSR count). The standard InChI is InChI=1S/C15H27BN2O/c1-10(2)17-15-18(11(3)4)13-8-6-5-7-12(16)9-14(13)19-15/h10-14H,5-9H2,1-4H3. The average Bonchev–Trinajstić information content (AvgIpc) is 2.58. The highest BCUT2D eigenvalue weighted by atomic mass is 16.5. The average molecular weight is 262 g/mol. The molecule has 1 aliphatic carbocycles. The summed E-state index contributed by atoms with van der Waals surface area (Å²) in [6.45, 7) is 8.64. The van der Waals surface area contributed by atoms with Crippen LogP contribution in [0.25, 0.3) is 0 Å². The number of rotatable bonds is 2. The zero-order valence-electron chi connectivity index (χ0n) is 12.8. The molecule has 0 aromatic rings. The summed E-state index contributed by atoms with van der Waals surface area (Å²) in [6, 6.07) is 2.01. The van der Waals surface area contributed by atoms with Crippen LogP contribution in [0.15, 0.2) is 4.99 Å². The van der Waals surface area contributed by atoms with Crippen LogP contribution in [-0.4, -0.2) is 43.0 Å². The highest BCUT2D eigenvalue weighted by Crippen LogP contribution is 2.35. The summed E-state index contributed by atoms with van der Waals surface area (Å²) in [5.74, 6) is 0.278. The number of aliphatic imine (C=N–C) groups is 1. The van der Waals surface area contributed by atoms with E-state index in [0.717, 1.165) is 18.9 Å². The maximum absolute atomic E-state index is 6.19. The Labute approximate surface area is 119 Å². The molecule has 0 bridgehead atoms. The largest absolute Gasteiger partial charge is 0.460 e. The molecule has 1 aliphatic heterocycles. The van der Waals surface area contributed by atoms with Gasteiger partial charge in [-0.1, -0.05) is 25.1 Å². The summed E-state index contributed by atoms with van der Waals surface area (Å²) < 4.78 is 6.15. The summed E-state index contributed by atoms with van der Waals surface area (Å²) in [5.41, 5.74) is 0. The molecule has 0 aromatic carbocycles. The number of nitrogens with zero attached hydrogens (tertiary/aromatic N) is 2. The predicted octanol–water partition coefficient (Wildman–Crippen LogP) is 3.15. The van der Waals surface area contributed by atoms with Gasteiger partial charge in [-0.3, -0.25) is 0 Å². The first-order chi connectivity index (χ1) is 8.99. The molecule has 106 valence electrons. The Hall–Kier alpha value is -0.665.